The van der Waals surface area contributed by atoms with Crippen molar-refractivity contribution in [1.82, 2.24) is 0 Å². The summed E-state index contributed by atoms with van der Waals surface area (Å²) in [6.45, 7) is 24.7. The minimum Gasteiger partial charge on any atom is -0.491 e. The molecule has 5 rings (SSSR count). The van der Waals surface area contributed by atoms with Gasteiger partial charge in [-0.2, -0.15) is 0 Å². The van der Waals surface area contributed by atoms with E-state index in [1.165, 1.54) is 16.7 Å². The van der Waals surface area contributed by atoms with Crippen LogP contribution in [-0.4, -0.2) is 28.4 Å². The van der Waals surface area contributed by atoms with Crippen LogP contribution in [0.15, 0.2) is 59.4 Å². The van der Waals surface area contributed by atoms with E-state index in [4.69, 9.17) is 4.74 Å². The molecule has 4 aliphatic rings. The monoisotopic (exact) mass is 630 g/mol. The molecule has 0 radical (unpaired) electrons. The number of fused-ring (bicyclic) bond motifs is 5. The van der Waals surface area contributed by atoms with Gasteiger partial charge in [-0.3, -0.25) is 0 Å². The fourth-order valence-electron chi connectivity index (χ4n) is 11.9. The second kappa shape index (κ2) is 12.6. The summed E-state index contributed by atoms with van der Waals surface area (Å²) in [5, 5.41) is 23.1. The van der Waals surface area contributed by atoms with Crippen LogP contribution in [0.2, 0.25) is 0 Å². The Kier molecular flexibility index (Phi) is 9.59. The van der Waals surface area contributed by atoms with Gasteiger partial charge in [0.25, 0.3) is 0 Å². The molecule has 0 bridgehead atoms. The van der Waals surface area contributed by atoms with Crippen molar-refractivity contribution in [2.24, 2.45) is 39.9 Å². The molecule has 254 valence electrons. The van der Waals surface area contributed by atoms with Gasteiger partial charge < -0.3 is 14.9 Å². The van der Waals surface area contributed by atoms with Crippen LogP contribution in [0.3, 0.4) is 0 Å². The number of aryl methyl sites for hydroxylation is 1. The highest BCUT2D eigenvalue weighted by atomic mass is 16.5. The van der Waals surface area contributed by atoms with Crippen LogP contribution < -0.4 is 0 Å². The van der Waals surface area contributed by atoms with Crippen molar-refractivity contribution in [3.63, 3.8) is 0 Å². The molecule has 0 amide bonds. The van der Waals surface area contributed by atoms with Crippen LogP contribution in [0.25, 0.3) is 0 Å². The topological polar surface area (TPSA) is 66.8 Å². The zero-order chi connectivity index (χ0) is 33.8. The third-order valence-corrected chi connectivity index (χ3v) is 14.3. The van der Waals surface area contributed by atoms with Crippen molar-refractivity contribution in [2.75, 3.05) is 0 Å². The van der Waals surface area contributed by atoms with E-state index in [0.29, 0.717) is 42.4 Å². The lowest BCUT2D eigenvalue weighted by atomic mass is 9.34. The van der Waals surface area contributed by atoms with E-state index in [1.54, 1.807) is 0 Å². The number of rotatable bonds is 9. The Morgan fingerprint density at radius 2 is 1.72 bits per heavy atom. The number of carboxylic acids is 1. The van der Waals surface area contributed by atoms with Crippen LogP contribution in [0, 0.1) is 39.9 Å². The maximum Gasteiger partial charge on any atom is 0.331 e. The Morgan fingerprint density at radius 1 is 1.04 bits per heavy atom. The molecule has 1 unspecified atom stereocenters. The molecule has 0 aromatic heterocycles. The summed E-state index contributed by atoms with van der Waals surface area (Å²) in [7, 11) is 0. The van der Waals surface area contributed by atoms with Gasteiger partial charge in [-0.1, -0.05) is 90.5 Å². The largest absolute Gasteiger partial charge is 0.491 e. The van der Waals surface area contributed by atoms with Gasteiger partial charge in [-0.05, 0) is 141 Å². The van der Waals surface area contributed by atoms with E-state index in [2.05, 4.69) is 92.3 Å². The second-order valence-corrected chi connectivity index (χ2v) is 17.0. The van der Waals surface area contributed by atoms with E-state index >= 15 is 0 Å². The van der Waals surface area contributed by atoms with E-state index in [0.717, 1.165) is 50.5 Å². The van der Waals surface area contributed by atoms with Crippen molar-refractivity contribution < 1.29 is 19.7 Å². The standard InChI is InChI=1S/C42H62O4/c1-11-13-29-16-18-30(19-17-29)42(10)28(6)20-22-39(7)35(42)21-23-40(8)37(39)33(43)24-32-36(31(38(44)45)15-12-14-26(2)3)34(46-27(4)5)25-41(32,40)9/h14,16-19,28,32-35,37,43H,4,11-13,15,20-25H2,1-3,5-10H3,(H,44,45)/b36-31-/t28-,32+,33-,34?,35+,37+,39+,40+,41+,42-/m1/s1. The highest BCUT2D eigenvalue weighted by Crippen LogP contribution is 2.76. The van der Waals surface area contributed by atoms with Gasteiger partial charge in [0, 0.05) is 5.57 Å². The van der Waals surface area contributed by atoms with Crippen LogP contribution in [0.4, 0.5) is 0 Å². The molecule has 10 atom stereocenters. The summed E-state index contributed by atoms with van der Waals surface area (Å²) in [6, 6.07) is 9.52. The van der Waals surface area contributed by atoms with Gasteiger partial charge >= 0.3 is 5.97 Å². The third kappa shape index (κ3) is 5.43. The minimum atomic E-state index is -0.851. The summed E-state index contributed by atoms with van der Waals surface area (Å²) in [6.07, 6.45) is 10.5. The molecular weight excluding hydrogens is 568 g/mol. The lowest BCUT2D eigenvalue weighted by Gasteiger charge is -2.71. The van der Waals surface area contributed by atoms with Crippen LogP contribution in [0.1, 0.15) is 131 Å². The molecule has 4 nitrogen and oxygen atoms in total. The molecule has 4 saturated carbocycles. The summed E-state index contributed by atoms with van der Waals surface area (Å²) >= 11 is 0. The summed E-state index contributed by atoms with van der Waals surface area (Å²) < 4.78 is 6.45. The van der Waals surface area contributed by atoms with E-state index < -0.39 is 12.1 Å². The minimum absolute atomic E-state index is 0.0278. The number of aliphatic hydroxyl groups is 1. The number of aliphatic hydroxyl groups excluding tert-OH is 1. The lowest BCUT2D eigenvalue weighted by molar-refractivity contribution is -0.233. The summed E-state index contributed by atoms with van der Waals surface area (Å²) in [5.74, 6) is 0.895. The average Bonchev–Trinajstić information content (AvgIpc) is 3.24. The van der Waals surface area contributed by atoms with Gasteiger partial charge in [0.15, 0.2) is 0 Å². The predicted molar refractivity (Wildman–Crippen MR) is 188 cm³/mol. The van der Waals surface area contributed by atoms with Crippen LogP contribution in [0.5, 0.6) is 0 Å². The fourth-order valence-corrected chi connectivity index (χ4v) is 11.9. The van der Waals surface area contributed by atoms with Crippen molar-refractivity contribution in [3.05, 3.63) is 70.5 Å². The van der Waals surface area contributed by atoms with Crippen molar-refractivity contribution >= 4 is 5.97 Å². The SMILES string of the molecule is C=C(C)OC1C[C@@]2(C)[C@@H](C[C@@H](O)[C@H]3[C@@]4(C)CC[C@@H](C)[C@](C)(c5ccc(CCC)cc5)[C@H]4CC[C@@]32C)/C1=C(\CCC=C(C)C)C(=O)O. The molecule has 0 spiro atoms. The fraction of sp³-hybridized carbons (Fsp3) is 0.690. The van der Waals surface area contributed by atoms with Gasteiger partial charge in [0.05, 0.1) is 11.9 Å². The van der Waals surface area contributed by atoms with Crippen molar-refractivity contribution in [2.45, 2.75) is 144 Å². The van der Waals surface area contributed by atoms with Crippen LogP contribution in [-0.2, 0) is 21.4 Å². The van der Waals surface area contributed by atoms with Crippen molar-refractivity contribution in [3.8, 4) is 0 Å². The number of carbonyl (C=O) groups is 1. The smallest absolute Gasteiger partial charge is 0.331 e. The maximum atomic E-state index is 12.9. The van der Waals surface area contributed by atoms with Crippen LogP contribution >= 0.6 is 0 Å². The van der Waals surface area contributed by atoms with Gasteiger partial charge in [0.2, 0.25) is 0 Å². The Labute approximate surface area is 279 Å². The number of hydrogen-bond acceptors (Lipinski definition) is 3. The van der Waals surface area contributed by atoms with E-state index in [-0.39, 0.29) is 39.6 Å². The molecule has 2 N–H and O–H groups in total. The highest BCUT2D eigenvalue weighted by Gasteiger charge is 2.72. The summed E-state index contributed by atoms with van der Waals surface area (Å²) in [5.41, 5.74) is 5.12. The van der Waals surface area contributed by atoms with Gasteiger partial charge in [-0.15, -0.1) is 0 Å². The molecule has 4 heteroatoms. The average molecular weight is 631 g/mol. The summed E-state index contributed by atoms with van der Waals surface area (Å²) in [4.78, 5) is 12.9. The van der Waals surface area contributed by atoms with E-state index in [9.17, 15) is 15.0 Å². The maximum absolute atomic E-state index is 12.9. The Balaban J connectivity index is 1.59. The molecule has 0 saturated heterocycles. The third-order valence-electron chi connectivity index (χ3n) is 14.3. The molecule has 4 fully saturated rings. The number of carboxylic acid groups (broad SMARTS) is 1. The number of aliphatic carboxylic acids is 1. The first-order valence-corrected chi connectivity index (χ1v) is 18.2. The molecule has 1 aromatic rings. The quantitative estimate of drug-likeness (QED) is 0.162. The molecule has 4 aliphatic carbocycles. The first kappa shape index (κ1) is 35.0. The number of allylic oxidation sites excluding steroid dienone is 3. The van der Waals surface area contributed by atoms with Gasteiger partial charge in [0.1, 0.15) is 6.10 Å². The second-order valence-electron chi connectivity index (χ2n) is 17.0. The zero-order valence-electron chi connectivity index (χ0n) is 30.3. The predicted octanol–water partition coefficient (Wildman–Crippen LogP) is 10.2. The first-order chi connectivity index (χ1) is 21.5. The first-order valence-electron chi connectivity index (χ1n) is 18.2. The molecular formula is C42H62O4. The Bertz CT molecular complexity index is 1380. The molecule has 46 heavy (non-hydrogen) atoms. The molecule has 0 heterocycles. The highest BCUT2D eigenvalue weighted by molar-refractivity contribution is 5.88. The number of hydrogen-bond donors (Lipinski definition) is 2. The molecule has 1 aromatic carbocycles. The van der Waals surface area contributed by atoms with Gasteiger partial charge in [-0.25, -0.2) is 4.79 Å². The lowest BCUT2D eigenvalue weighted by Crippen LogP contribution is -2.67. The Morgan fingerprint density at radius 3 is 2.30 bits per heavy atom. The molecule has 0 aliphatic heterocycles. The van der Waals surface area contributed by atoms with E-state index in [1.807, 2.05) is 6.92 Å². The van der Waals surface area contributed by atoms with Crippen molar-refractivity contribution in [1.29, 1.82) is 0 Å². The normalized spacial score (nSPS) is 41.1. The number of benzene rings is 1. The Hall–Kier alpha value is -2.33. The zero-order valence-corrected chi connectivity index (χ0v) is 30.3. The number of ether oxygens (including phenoxy) is 1.